The number of aryl methyl sites for hydroxylation is 3. The lowest BCUT2D eigenvalue weighted by atomic mass is 9.94. The van der Waals surface area contributed by atoms with Gasteiger partial charge in [0.1, 0.15) is 0 Å². The van der Waals surface area contributed by atoms with Crippen molar-refractivity contribution < 1.29 is 9.53 Å². The van der Waals surface area contributed by atoms with Crippen LogP contribution < -0.4 is 5.32 Å². The first kappa shape index (κ1) is 14.0. The lowest BCUT2D eigenvalue weighted by molar-refractivity contribution is -0.127. The van der Waals surface area contributed by atoms with Gasteiger partial charge in [-0.15, -0.1) is 0 Å². The fraction of sp³-hybridized carbons (Fsp3) is 0.600. The molecule has 4 heteroatoms. The van der Waals surface area contributed by atoms with Crippen LogP contribution in [0.4, 0.5) is 5.69 Å². The Morgan fingerprint density at radius 3 is 2.79 bits per heavy atom. The molecule has 0 spiro atoms. The van der Waals surface area contributed by atoms with Crippen LogP contribution in [0.15, 0.2) is 6.07 Å². The van der Waals surface area contributed by atoms with Gasteiger partial charge in [0.25, 0.3) is 0 Å². The number of amides is 1. The van der Waals surface area contributed by atoms with Crippen LogP contribution >= 0.6 is 0 Å². The molecule has 0 aliphatic carbocycles. The molecule has 1 N–H and O–H groups in total. The van der Waals surface area contributed by atoms with Crippen molar-refractivity contribution in [3.05, 3.63) is 23.0 Å². The maximum atomic E-state index is 12.3. The average Bonchev–Trinajstić information content (AvgIpc) is 2.34. The fourth-order valence-electron chi connectivity index (χ4n) is 2.70. The van der Waals surface area contributed by atoms with Gasteiger partial charge in [0.15, 0.2) is 0 Å². The molecule has 0 bridgehead atoms. The molecular formula is C15H22N2O2. The summed E-state index contributed by atoms with van der Waals surface area (Å²) in [7, 11) is 0. The molecule has 104 valence electrons. The Labute approximate surface area is 114 Å². The van der Waals surface area contributed by atoms with Crippen LogP contribution in [0.1, 0.15) is 36.7 Å². The maximum Gasteiger partial charge on any atom is 0.230 e. The molecule has 0 aromatic carbocycles. The number of aromatic nitrogens is 1. The van der Waals surface area contributed by atoms with Gasteiger partial charge in [0, 0.05) is 12.3 Å². The van der Waals surface area contributed by atoms with E-state index >= 15 is 0 Å². The molecule has 1 aromatic heterocycles. The van der Waals surface area contributed by atoms with Crippen LogP contribution in [0.25, 0.3) is 0 Å². The monoisotopic (exact) mass is 262 g/mol. The van der Waals surface area contributed by atoms with Gasteiger partial charge in [-0.2, -0.15) is 0 Å². The first-order chi connectivity index (χ1) is 8.99. The Balaban J connectivity index is 2.14. The van der Waals surface area contributed by atoms with Crippen molar-refractivity contribution >= 4 is 11.6 Å². The van der Waals surface area contributed by atoms with E-state index in [4.69, 9.17) is 4.74 Å². The third-order valence-corrected chi connectivity index (χ3v) is 3.72. The molecule has 1 saturated heterocycles. The van der Waals surface area contributed by atoms with Gasteiger partial charge >= 0.3 is 0 Å². The summed E-state index contributed by atoms with van der Waals surface area (Å²) in [6.45, 7) is 8.61. The van der Waals surface area contributed by atoms with Crippen LogP contribution in [0.3, 0.4) is 0 Å². The second-order valence-electron chi connectivity index (χ2n) is 5.35. The molecule has 1 fully saturated rings. The van der Waals surface area contributed by atoms with E-state index in [0.717, 1.165) is 42.1 Å². The molecule has 0 unspecified atom stereocenters. The van der Waals surface area contributed by atoms with Crippen molar-refractivity contribution in [2.75, 3.05) is 11.9 Å². The van der Waals surface area contributed by atoms with E-state index in [2.05, 4.69) is 10.3 Å². The molecular weight excluding hydrogens is 240 g/mol. The van der Waals surface area contributed by atoms with E-state index in [-0.39, 0.29) is 17.9 Å². The Bertz CT molecular complexity index is 462. The topological polar surface area (TPSA) is 51.2 Å². The highest BCUT2D eigenvalue weighted by atomic mass is 16.5. The second-order valence-corrected chi connectivity index (χ2v) is 5.35. The van der Waals surface area contributed by atoms with Gasteiger partial charge in [0.05, 0.1) is 23.4 Å². The zero-order valence-corrected chi connectivity index (χ0v) is 12.1. The largest absolute Gasteiger partial charge is 0.378 e. The summed E-state index contributed by atoms with van der Waals surface area (Å²) in [5, 5.41) is 3.02. The molecule has 0 saturated carbocycles. The number of hydrogen-bond donors (Lipinski definition) is 1. The second kappa shape index (κ2) is 5.70. The third-order valence-electron chi connectivity index (χ3n) is 3.72. The number of carbonyl (C=O) groups is 1. The van der Waals surface area contributed by atoms with Crippen molar-refractivity contribution in [1.29, 1.82) is 0 Å². The SMILES string of the molecule is Cc1cc(C)c(NC(=O)[C@H]2CCCO[C@H]2C)c(C)n1. The summed E-state index contributed by atoms with van der Waals surface area (Å²) in [5.74, 6) is -0.0158. The maximum absolute atomic E-state index is 12.3. The molecule has 1 aliphatic heterocycles. The smallest absolute Gasteiger partial charge is 0.230 e. The summed E-state index contributed by atoms with van der Waals surface area (Å²) < 4.78 is 5.55. The van der Waals surface area contributed by atoms with Crippen molar-refractivity contribution in [1.82, 2.24) is 4.98 Å². The van der Waals surface area contributed by atoms with Gasteiger partial charge in [-0.1, -0.05) is 0 Å². The number of carbonyl (C=O) groups excluding carboxylic acids is 1. The summed E-state index contributed by atoms with van der Waals surface area (Å²) in [4.78, 5) is 16.8. The Morgan fingerprint density at radius 2 is 2.16 bits per heavy atom. The van der Waals surface area contributed by atoms with Gasteiger partial charge in [-0.3, -0.25) is 9.78 Å². The lowest BCUT2D eigenvalue weighted by Gasteiger charge is -2.28. The normalized spacial score (nSPS) is 23.2. The number of nitrogens with one attached hydrogen (secondary N) is 1. The van der Waals surface area contributed by atoms with Crippen LogP contribution in [0, 0.1) is 26.7 Å². The van der Waals surface area contributed by atoms with Crippen LogP contribution in [0.2, 0.25) is 0 Å². The van der Waals surface area contributed by atoms with E-state index in [0.29, 0.717) is 0 Å². The highest BCUT2D eigenvalue weighted by molar-refractivity contribution is 5.94. The van der Waals surface area contributed by atoms with Gasteiger partial charge in [0.2, 0.25) is 5.91 Å². The molecule has 2 atom stereocenters. The fourth-order valence-corrected chi connectivity index (χ4v) is 2.70. The van der Waals surface area contributed by atoms with E-state index in [1.54, 1.807) is 0 Å². The van der Waals surface area contributed by atoms with Gasteiger partial charge in [-0.25, -0.2) is 0 Å². The number of nitrogens with zero attached hydrogens (tertiary/aromatic N) is 1. The summed E-state index contributed by atoms with van der Waals surface area (Å²) in [6.07, 6.45) is 1.84. The molecule has 1 aromatic rings. The highest BCUT2D eigenvalue weighted by Gasteiger charge is 2.29. The molecule has 19 heavy (non-hydrogen) atoms. The summed E-state index contributed by atoms with van der Waals surface area (Å²) in [6, 6.07) is 1.99. The Hall–Kier alpha value is -1.42. The third kappa shape index (κ3) is 3.13. The van der Waals surface area contributed by atoms with Crippen LogP contribution in [-0.4, -0.2) is 23.6 Å². The van der Waals surface area contributed by atoms with Gasteiger partial charge in [-0.05, 0) is 52.2 Å². The van der Waals surface area contributed by atoms with E-state index < -0.39 is 0 Å². The predicted molar refractivity (Wildman–Crippen MR) is 75.2 cm³/mol. The van der Waals surface area contributed by atoms with E-state index in [1.807, 2.05) is 33.8 Å². The zero-order valence-electron chi connectivity index (χ0n) is 12.1. The number of ether oxygens (including phenoxy) is 1. The quantitative estimate of drug-likeness (QED) is 0.891. The standard InChI is InChI=1S/C15H22N2O2/c1-9-8-10(2)16-11(3)14(9)17-15(18)13-6-5-7-19-12(13)4/h8,12-13H,5-7H2,1-4H3,(H,17,18)/t12-,13-/m0/s1. The first-order valence-electron chi connectivity index (χ1n) is 6.86. The lowest BCUT2D eigenvalue weighted by Crippen LogP contribution is -2.36. The predicted octanol–water partition coefficient (Wildman–Crippen LogP) is 2.76. The number of pyridine rings is 1. The minimum absolute atomic E-state index is 0.00669. The summed E-state index contributed by atoms with van der Waals surface area (Å²) in [5.41, 5.74) is 3.74. The van der Waals surface area contributed by atoms with Gasteiger partial charge < -0.3 is 10.1 Å². The average molecular weight is 262 g/mol. The van der Waals surface area contributed by atoms with E-state index in [9.17, 15) is 4.79 Å². The van der Waals surface area contributed by atoms with Crippen molar-refractivity contribution in [3.63, 3.8) is 0 Å². The molecule has 2 heterocycles. The molecule has 4 nitrogen and oxygen atoms in total. The van der Waals surface area contributed by atoms with Crippen molar-refractivity contribution in [2.24, 2.45) is 5.92 Å². The number of rotatable bonds is 2. The van der Waals surface area contributed by atoms with Crippen LogP contribution in [-0.2, 0) is 9.53 Å². The number of anilines is 1. The van der Waals surface area contributed by atoms with Crippen LogP contribution in [0.5, 0.6) is 0 Å². The Morgan fingerprint density at radius 1 is 1.42 bits per heavy atom. The molecule has 1 aliphatic rings. The zero-order chi connectivity index (χ0) is 14.0. The number of hydrogen-bond acceptors (Lipinski definition) is 3. The highest BCUT2D eigenvalue weighted by Crippen LogP contribution is 2.25. The molecule has 2 rings (SSSR count). The van der Waals surface area contributed by atoms with Crippen molar-refractivity contribution in [3.8, 4) is 0 Å². The molecule has 1 amide bonds. The van der Waals surface area contributed by atoms with E-state index in [1.165, 1.54) is 0 Å². The summed E-state index contributed by atoms with van der Waals surface area (Å²) >= 11 is 0. The van der Waals surface area contributed by atoms with Crippen molar-refractivity contribution in [2.45, 2.75) is 46.6 Å². The Kier molecular flexibility index (Phi) is 4.20. The minimum atomic E-state index is -0.0612. The first-order valence-corrected chi connectivity index (χ1v) is 6.86. The minimum Gasteiger partial charge on any atom is -0.378 e. The molecule has 0 radical (unpaired) electrons.